The molecule has 1 aliphatic heterocycles. The summed E-state index contributed by atoms with van der Waals surface area (Å²) < 4.78 is 39.4. The number of alkyl halides is 3. The molecule has 0 unspecified atom stereocenters. The lowest BCUT2D eigenvalue weighted by Crippen LogP contribution is -2.47. The van der Waals surface area contributed by atoms with Crippen LogP contribution in [0.1, 0.15) is 17.6 Å². The van der Waals surface area contributed by atoms with E-state index in [0.717, 1.165) is 11.6 Å². The van der Waals surface area contributed by atoms with E-state index in [4.69, 9.17) is 0 Å². The summed E-state index contributed by atoms with van der Waals surface area (Å²) in [6, 6.07) is 1.79. The van der Waals surface area contributed by atoms with Gasteiger partial charge < -0.3 is 9.80 Å². The maximum atomic E-state index is 13.1. The predicted octanol–water partition coefficient (Wildman–Crippen LogP) is 4.06. The molecule has 138 valence electrons. The first kappa shape index (κ1) is 17.5. The molecule has 3 aromatic rings. The predicted molar refractivity (Wildman–Crippen MR) is 98.3 cm³/mol. The van der Waals surface area contributed by atoms with Crippen LogP contribution in [0, 0.1) is 0 Å². The van der Waals surface area contributed by atoms with Crippen molar-refractivity contribution in [2.45, 2.75) is 19.5 Å². The average molecular weight is 399 g/mol. The lowest BCUT2D eigenvalue weighted by atomic mass is 10.3. The van der Waals surface area contributed by atoms with Crippen molar-refractivity contribution in [2.75, 3.05) is 36.0 Å². The Morgan fingerprint density at radius 3 is 2.50 bits per heavy atom. The van der Waals surface area contributed by atoms with Crippen LogP contribution in [0.25, 0.3) is 10.2 Å². The molecule has 10 heteroatoms. The van der Waals surface area contributed by atoms with Crippen LogP contribution < -0.4 is 9.80 Å². The maximum Gasteiger partial charge on any atom is 0.451 e. The number of aromatic nitrogens is 3. The largest absolute Gasteiger partial charge is 0.451 e. The second kappa shape index (κ2) is 6.66. The zero-order valence-corrected chi connectivity index (χ0v) is 15.6. The van der Waals surface area contributed by atoms with Crippen molar-refractivity contribution in [2.24, 2.45) is 0 Å². The first-order chi connectivity index (χ1) is 12.5. The number of hydrogen-bond acceptors (Lipinski definition) is 7. The zero-order valence-electron chi connectivity index (χ0n) is 14.0. The monoisotopic (exact) mass is 399 g/mol. The van der Waals surface area contributed by atoms with Crippen LogP contribution in [0.4, 0.5) is 24.1 Å². The maximum absolute atomic E-state index is 13.1. The first-order valence-corrected chi connectivity index (χ1v) is 9.92. The normalized spacial score (nSPS) is 15.8. The van der Waals surface area contributed by atoms with E-state index in [2.05, 4.69) is 26.8 Å². The summed E-state index contributed by atoms with van der Waals surface area (Å²) in [5.41, 5.74) is 0. The van der Waals surface area contributed by atoms with Gasteiger partial charge in [-0.1, -0.05) is 6.92 Å². The van der Waals surface area contributed by atoms with Gasteiger partial charge in [-0.2, -0.15) is 13.2 Å². The van der Waals surface area contributed by atoms with Crippen LogP contribution in [-0.2, 0) is 12.6 Å². The number of hydrogen-bond donors (Lipinski definition) is 0. The van der Waals surface area contributed by atoms with Crippen molar-refractivity contribution in [1.82, 2.24) is 15.0 Å². The van der Waals surface area contributed by atoms with E-state index in [1.54, 1.807) is 22.8 Å². The van der Waals surface area contributed by atoms with Crippen molar-refractivity contribution in [3.05, 3.63) is 28.3 Å². The third-order valence-corrected chi connectivity index (χ3v) is 6.31. The number of piperazine rings is 1. The lowest BCUT2D eigenvalue weighted by Gasteiger charge is -2.35. The van der Waals surface area contributed by atoms with E-state index < -0.39 is 12.0 Å². The van der Waals surface area contributed by atoms with Gasteiger partial charge in [-0.25, -0.2) is 15.0 Å². The molecule has 0 amide bonds. The molecule has 4 rings (SSSR count). The van der Waals surface area contributed by atoms with Gasteiger partial charge in [-0.05, 0) is 17.9 Å². The Bertz CT molecular complexity index is 912. The molecule has 0 spiro atoms. The number of nitrogens with zero attached hydrogens (tertiary/aromatic N) is 5. The Hall–Kier alpha value is -1.94. The van der Waals surface area contributed by atoms with Crippen LogP contribution in [-0.4, -0.2) is 41.1 Å². The van der Waals surface area contributed by atoms with Gasteiger partial charge in [0.1, 0.15) is 10.6 Å². The molecule has 0 aliphatic carbocycles. The Morgan fingerprint density at radius 2 is 1.85 bits per heavy atom. The lowest BCUT2D eigenvalue weighted by molar-refractivity contribution is -0.144. The van der Waals surface area contributed by atoms with Crippen molar-refractivity contribution >= 4 is 43.8 Å². The first-order valence-electron chi connectivity index (χ1n) is 8.22. The van der Waals surface area contributed by atoms with Crippen molar-refractivity contribution in [1.29, 1.82) is 0 Å². The minimum atomic E-state index is -4.55. The Labute approximate surface area is 156 Å². The molecular weight excluding hydrogens is 383 g/mol. The minimum Gasteiger partial charge on any atom is -0.352 e. The molecule has 26 heavy (non-hydrogen) atoms. The second-order valence-corrected chi connectivity index (χ2v) is 7.93. The van der Waals surface area contributed by atoms with Crippen LogP contribution in [0.3, 0.4) is 0 Å². The summed E-state index contributed by atoms with van der Waals surface area (Å²) in [5.74, 6) is -0.700. The number of thiophene rings is 1. The summed E-state index contributed by atoms with van der Waals surface area (Å²) in [7, 11) is 0. The molecule has 0 radical (unpaired) electrons. The van der Waals surface area contributed by atoms with Gasteiger partial charge in [0.25, 0.3) is 0 Å². The molecule has 0 atom stereocenters. The third-order valence-electron chi connectivity index (χ3n) is 4.30. The molecule has 0 N–H and O–H groups in total. The van der Waals surface area contributed by atoms with E-state index in [-0.39, 0.29) is 0 Å². The Morgan fingerprint density at radius 1 is 1.12 bits per heavy atom. The van der Waals surface area contributed by atoms with Crippen molar-refractivity contribution in [3.63, 3.8) is 0 Å². The van der Waals surface area contributed by atoms with E-state index in [0.29, 0.717) is 42.2 Å². The van der Waals surface area contributed by atoms with Gasteiger partial charge in [-0.15, -0.1) is 22.7 Å². The highest BCUT2D eigenvalue weighted by molar-refractivity contribution is 7.16. The zero-order chi connectivity index (χ0) is 18.3. The minimum absolute atomic E-state index is 0.372. The van der Waals surface area contributed by atoms with Crippen LogP contribution in [0.15, 0.2) is 17.6 Å². The van der Waals surface area contributed by atoms with Crippen molar-refractivity contribution in [3.8, 4) is 0 Å². The molecule has 0 aromatic carbocycles. The van der Waals surface area contributed by atoms with Gasteiger partial charge in [0.15, 0.2) is 5.13 Å². The fourth-order valence-electron chi connectivity index (χ4n) is 2.92. The van der Waals surface area contributed by atoms with E-state index >= 15 is 0 Å². The summed E-state index contributed by atoms with van der Waals surface area (Å²) in [6.07, 6.45) is -1.71. The van der Waals surface area contributed by atoms with Crippen molar-refractivity contribution < 1.29 is 13.2 Å². The number of anilines is 2. The molecule has 5 nitrogen and oxygen atoms in total. The second-order valence-electron chi connectivity index (χ2n) is 5.94. The number of fused-ring (bicyclic) bond motifs is 1. The molecule has 3 aromatic heterocycles. The molecule has 1 saturated heterocycles. The average Bonchev–Trinajstić information content (AvgIpc) is 3.29. The SMILES string of the molecule is CCc1cnc(N2CCN(c3nc(C(F)(F)F)nc4sccc34)CC2)s1. The van der Waals surface area contributed by atoms with Crippen LogP contribution in [0.5, 0.6) is 0 Å². The van der Waals surface area contributed by atoms with Gasteiger partial charge in [0.2, 0.25) is 5.82 Å². The quantitative estimate of drug-likeness (QED) is 0.665. The summed E-state index contributed by atoms with van der Waals surface area (Å²) in [4.78, 5) is 17.7. The van der Waals surface area contributed by atoms with E-state index in [9.17, 15) is 13.2 Å². The van der Waals surface area contributed by atoms with Gasteiger partial charge in [-0.3, -0.25) is 0 Å². The highest BCUT2D eigenvalue weighted by Gasteiger charge is 2.36. The molecule has 1 fully saturated rings. The topological polar surface area (TPSA) is 45.2 Å². The molecule has 1 aliphatic rings. The van der Waals surface area contributed by atoms with Gasteiger partial charge in [0, 0.05) is 37.3 Å². The van der Waals surface area contributed by atoms with Crippen LogP contribution in [0.2, 0.25) is 0 Å². The summed E-state index contributed by atoms with van der Waals surface area (Å²) in [5, 5.41) is 3.40. The molecule has 0 saturated carbocycles. The highest BCUT2D eigenvalue weighted by Crippen LogP contribution is 2.34. The number of halogens is 3. The van der Waals surface area contributed by atoms with Crippen LogP contribution >= 0.6 is 22.7 Å². The third kappa shape index (κ3) is 3.23. The standard InChI is InChI=1S/C16H16F3N5S2/c1-2-10-9-20-15(26-10)24-6-4-23(5-7-24)12-11-3-8-25-13(11)22-14(21-12)16(17,18)19/h3,8-9H,2,4-7H2,1H3. The number of thiazole rings is 1. The Kier molecular flexibility index (Phi) is 4.47. The fraction of sp³-hybridized carbons (Fsp3) is 0.438. The van der Waals surface area contributed by atoms with Gasteiger partial charge in [0.05, 0.1) is 5.39 Å². The Balaban J connectivity index is 1.58. The van der Waals surface area contributed by atoms with E-state index in [1.807, 2.05) is 11.1 Å². The number of aryl methyl sites for hydroxylation is 1. The summed E-state index contributed by atoms with van der Waals surface area (Å²) >= 11 is 2.87. The highest BCUT2D eigenvalue weighted by atomic mass is 32.1. The van der Waals surface area contributed by atoms with Gasteiger partial charge >= 0.3 is 6.18 Å². The fourth-order valence-corrected chi connectivity index (χ4v) is 4.58. The van der Waals surface area contributed by atoms with E-state index in [1.165, 1.54) is 16.2 Å². The smallest absolute Gasteiger partial charge is 0.352 e. The molecular formula is C16H16F3N5S2. The molecule has 4 heterocycles. The molecule has 0 bridgehead atoms. The number of rotatable bonds is 3. The summed E-state index contributed by atoms with van der Waals surface area (Å²) in [6.45, 7) is 4.69.